The molecule has 0 saturated heterocycles. The van der Waals surface area contributed by atoms with Crippen molar-refractivity contribution in [3.8, 4) is 22.8 Å². The minimum Gasteiger partial charge on any atom is -0.319 e. The highest BCUT2D eigenvalue weighted by Crippen LogP contribution is 2.31. The van der Waals surface area contributed by atoms with Crippen LogP contribution in [0.5, 0.6) is 0 Å². The molecule has 2 aromatic carbocycles. The van der Waals surface area contributed by atoms with Gasteiger partial charge in [-0.1, -0.05) is 47.6 Å². The van der Waals surface area contributed by atoms with Crippen molar-refractivity contribution in [3.63, 3.8) is 0 Å². The number of anilines is 1. The standard InChI is InChI=1S/C27H24ClN7O2S/c1-17-21(28)10-7-11-22(17)34-25(19-12-14-29-15-13-19)31-32-27(34)38-16-23(36)30-24-18(2)33(3)35(26(24)37)20-8-5-4-6-9-20/h4-15H,16H2,1-3H3,(H,30,36). The fourth-order valence-corrected chi connectivity index (χ4v) is 5.04. The maximum Gasteiger partial charge on any atom is 0.295 e. The van der Waals surface area contributed by atoms with Gasteiger partial charge in [0.05, 0.1) is 22.8 Å². The van der Waals surface area contributed by atoms with Gasteiger partial charge in [0.25, 0.3) is 5.56 Å². The van der Waals surface area contributed by atoms with Crippen LogP contribution in [0.25, 0.3) is 22.8 Å². The maximum atomic E-state index is 13.2. The van der Waals surface area contributed by atoms with Crippen LogP contribution >= 0.6 is 23.4 Å². The van der Waals surface area contributed by atoms with Gasteiger partial charge in [-0.15, -0.1) is 10.2 Å². The number of benzene rings is 2. The minimum atomic E-state index is -0.330. The van der Waals surface area contributed by atoms with Gasteiger partial charge >= 0.3 is 0 Å². The second-order valence-electron chi connectivity index (χ2n) is 8.53. The molecule has 5 aromatic rings. The lowest BCUT2D eigenvalue weighted by Gasteiger charge is -2.13. The van der Waals surface area contributed by atoms with Crippen LogP contribution in [0.15, 0.2) is 83.0 Å². The van der Waals surface area contributed by atoms with Crippen LogP contribution in [0.2, 0.25) is 5.02 Å². The number of carbonyl (C=O) groups excluding carboxylic acids is 1. The largest absolute Gasteiger partial charge is 0.319 e. The highest BCUT2D eigenvalue weighted by atomic mass is 35.5. The molecule has 9 nitrogen and oxygen atoms in total. The van der Waals surface area contributed by atoms with Gasteiger partial charge in [0.1, 0.15) is 5.69 Å². The monoisotopic (exact) mass is 545 g/mol. The molecule has 0 spiro atoms. The molecule has 0 atom stereocenters. The number of para-hydroxylation sites is 1. The van der Waals surface area contributed by atoms with Gasteiger partial charge in [0, 0.05) is 30.0 Å². The van der Waals surface area contributed by atoms with E-state index in [4.69, 9.17) is 11.6 Å². The number of hydrogen-bond acceptors (Lipinski definition) is 6. The van der Waals surface area contributed by atoms with E-state index in [2.05, 4.69) is 20.5 Å². The summed E-state index contributed by atoms with van der Waals surface area (Å²) in [5, 5.41) is 12.7. The first-order valence-corrected chi connectivity index (χ1v) is 13.1. The van der Waals surface area contributed by atoms with Crippen LogP contribution < -0.4 is 10.9 Å². The molecule has 3 aromatic heterocycles. The highest BCUT2D eigenvalue weighted by molar-refractivity contribution is 7.99. The number of hydrogen-bond donors (Lipinski definition) is 1. The average Bonchev–Trinajstić information content (AvgIpc) is 3.44. The predicted molar refractivity (Wildman–Crippen MR) is 149 cm³/mol. The zero-order valence-electron chi connectivity index (χ0n) is 20.9. The van der Waals surface area contributed by atoms with Gasteiger partial charge in [-0.3, -0.25) is 23.8 Å². The van der Waals surface area contributed by atoms with Crippen LogP contribution in [0.1, 0.15) is 11.3 Å². The van der Waals surface area contributed by atoms with Crippen LogP contribution in [-0.2, 0) is 11.8 Å². The zero-order chi connectivity index (χ0) is 26.8. The summed E-state index contributed by atoms with van der Waals surface area (Å²) < 4.78 is 5.13. The summed E-state index contributed by atoms with van der Waals surface area (Å²) in [5.41, 5.74) is 3.80. The van der Waals surface area contributed by atoms with E-state index in [0.29, 0.717) is 27.4 Å². The SMILES string of the molecule is Cc1c(Cl)cccc1-n1c(SCC(=O)Nc2c(C)n(C)n(-c3ccccc3)c2=O)nnc1-c1ccncc1. The Morgan fingerprint density at radius 1 is 1.00 bits per heavy atom. The molecule has 0 radical (unpaired) electrons. The molecule has 0 saturated carbocycles. The maximum absolute atomic E-state index is 13.2. The third-order valence-electron chi connectivity index (χ3n) is 6.20. The molecule has 0 fully saturated rings. The number of carbonyl (C=O) groups is 1. The van der Waals surface area contributed by atoms with E-state index in [0.717, 1.165) is 16.8 Å². The molecule has 3 heterocycles. The van der Waals surface area contributed by atoms with Crippen molar-refractivity contribution in [2.75, 3.05) is 11.1 Å². The Labute approximate surface area is 228 Å². The molecule has 0 aliphatic rings. The molecule has 1 N–H and O–H groups in total. The van der Waals surface area contributed by atoms with E-state index in [1.807, 2.05) is 72.2 Å². The Bertz CT molecular complexity index is 1680. The number of amides is 1. The molecule has 0 bridgehead atoms. The third kappa shape index (κ3) is 4.75. The van der Waals surface area contributed by atoms with E-state index in [-0.39, 0.29) is 22.9 Å². The van der Waals surface area contributed by atoms with Gasteiger partial charge in [0.2, 0.25) is 5.91 Å². The summed E-state index contributed by atoms with van der Waals surface area (Å²) in [7, 11) is 1.78. The van der Waals surface area contributed by atoms with Crippen molar-refractivity contribution in [3.05, 3.63) is 99.7 Å². The fraction of sp³-hybridized carbons (Fsp3) is 0.148. The van der Waals surface area contributed by atoms with Gasteiger partial charge in [-0.2, -0.15) is 0 Å². The molecule has 0 aliphatic heterocycles. The van der Waals surface area contributed by atoms with Crippen molar-refractivity contribution in [2.24, 2.45) is 7.05 Å². The van der Waals surface area contributed by atoms with Crippen LogP contribution in [0.4, 0.5) is 5.69 Å². The van der Waals surface area contributed by atoms with Crippen molar-refractivity contribution in [2.45, 2.75) is 19.0 Å². The van der Waals surface area contributed by atoms with E-state index in [1.54, 1.807) is 31.0 Å². The van der Waals surface area contributed by atoms with Gasteiger partial charge < -0.3 is 5.32 Å². The normalized spacial score (nSPS) is 11.1. The van der Waals surface area contributed by atoms with Crippen LogP contribution in [0, 0.1) is 13.8 Å². The number of thioether (sulfide) groups is 1. The van der Waals surface area contributed by atoms with Crippen molar-refractivity contribution < 1.29 is 4.79 Å². The van der Waals surface area contributed by atoms with E-state index in [1.165, 1.54) is 16.4 Å². The molecular weight excluding hydrogens is 522 g/mol. The number of nitrogens with zero attached hydrogens (tertiary/aromatic N) is 6. The second-order valence-corrected chi connectivity index (χ2v) is 9.88. The van der Waals surface area contributed by atoms with E-state index >= 15 is 0 Å². The first-order valence-electron chi connectivity index (χ1n) is 11.7. The summed E-state index contributed by atoms with van der Waals surface area (Å²) in [4.78, 5) is 30.3. The fourth-order valence-electron chi connectivity index (χ4n) is 4.12. The number of aromatic nitrogens is 6. The Morgan fingerprint density at radius 2 is 1.74 bits per heavy atom. The molecule has 192 valence electrons. The first-order chi connectivity index (χ1) is 18.4. The number of rotatable bonds is 7. The number of halogens is 1. The Balaban J connectivity index is 1.43. The lowest BCUT2D eigenvalue weighted by Crippen LogP contribution is -2.23. The van der Waals surface area contributed by atoms with Crippen LogP contribution in [-0.4, -0.2) is 40.8 Å². The zero-order valence-corrected chi connectivity index (χ0v) is 22.5. The second kappa shape index (κ2) is 10.7. The molecule has 38 heavy (non-hydrogen) atoms. The molecule has 5 rings (SSSR count). The van der Waals surface area contributed by atoms with E-state index in [9.17, 15) is 9.59 Å². The minimum absolute atomic E-state index is 0.0210. The van der Waals surface area contributed by atoms with Crippen LogP contribution in [0.3, 0.4) is 0 Å². The lowest BCUT2D eigenvalue weighted by atomic mass is 10.2. The Hall–Kier alpha value is -4.15. The van der Waals surface area contributed by atoms with Gasteiger partial charge in [-0.25, -0.2) is 4.68 Å². The van der Waals surface area contributed by atoms with Crippen molar-refractivity contribution in [1.29, 1.82) is 0 Å². The molecule has 0 aliphatic carbocycles. The topological polar surface area (TPSA) is 99.6 Å². The summed E-state index contributed by atoms with van der Waals surface area (Å²) in [6.07, 6.45) is 3.37. The van der Waals surface area contributed by atoms with Crippen molar-refractivity contribution >= 4 is 35.0 Å². The molecule has 0 unspecified atom stereocenters. The lowest BCUT2D eigenvalue weighted by molar-refractivity contribution is -0.113. The summed E-state index contributed by atoms with van der Waals surface area (Å²) in [6, 6.07) is 18.6. The summed E-state index contributed by atoms with van der Waals surface area (Å²) in [6.45, 7) is 3.72. The number of pyridine rings is 1. The smallest absolute Gasteiger partial charge is 0.295 e. The highest BCUT2D eigenvalue weighted by Gasteiger charge is 2.21. The van der Waals surface area contributed by atoms with Crippen molar-refractivity contribution in [1.82, 2.24) is 29.1 Å². The van der Waals surface area contributed by atoms with Gasteiger partial charge in [0.15, 0.2) is 11.0 Å². The van der Waals surface area contributed by atoms with E-state index < -0.39 is 0 Å². The quantitative estimate of drug-likeness (QED) is 0.294. The first kappa shape index (κ1) is 25.5. The molecule has 11 heteroatoms. The third-order valence-corrected chi connectivity index (χ3v) is 7.54. The average molecular weight is 546 g/mol. The molecular formula is C27H24ClN7O2S. The number of nitrogens with one attached hydrogen (secondary N) is 1. The molecule has 1 amide bonds. The Kier molecular flexibility index (Phi) is 7.17. The summed E-state index contributed by atoms with van der Waals surface area (Å²) in [5.74, 6) is 0.293. The Morgan fingerprint density at radius 3 is 2.47 bits per heavy atom. The summed E-state index contributed by atoms with van der Waals surface area (Å²) >= 11 is 7.64. The predicted octanol–water partition coefficient (Wildman–Crippen LogP) is 4.82. The van der Waals surface area contributed by atoms with Gasteiger partial charge in [-0.05, 0) is 55.8 Å².